The van der Waals surface area contributed by atoms with Gasteiger partial charge in [0.05, 0.1) is 6.61 Å². The highest BCUT2D eigenvalue weighted by atomic mass is 35.5. The Hall–Kier alpha value is -0.730. The molecule has 0 saturated heterocycles. The maximum Gasteiger partial charge on any atom is 0.125 e. The summed E-state index contributed by atoms with van der Waals surface area (Å²) in [6.07, 6.45) is 6.19. The van der Waals surface area contributed by atoms with Crippen LogP contribution >= 0.6 is 11.6 Å². The highest BCUT2D eigenvalue weighted by molar-refractivity contribution is 6.30. The quantitative estimate of drug-likeness (QED) is 0.911. The first kappa shape index (κ1) is 13.3. The largest absolute Gasteiger partial charge is 0.493 e. The van der Waals surface area contributed by atoms with E-state index in [1.54, 1.807) is 0 Å². The van der Waals surface area contributed by atoms with Crippen molar-refractivity contribution in [3.8, 4) is 5.75 Å². The number of benzene rings is 1. The lowest BCUT2D eigenvalue weighted by Crippen LogP contribution is -2.23. The van der Waals surface area contributed by atoms with Gasteiger partial charge in [-0.3, -0.25) is 0 Å². The molecule has 104 valence electrons. The van der Waals surface area contributed by atoms with Gasteiger partial charge in [0.2, 0.25) is 0 Å². The van der Waals surface area contributed by atoms with Crippen LogP contribution in [-0.4, -0.2) is 20.2 Å². The van der Waals surface area contributed by atoms with Crippen LogP contribution in [0.25, 0.3) is 0 Å². The topological polar surface area (TPSA) is 21.3 Å². The number of fused-ring (bicyclic) bond motifs is 1. The lowest BCUT2D eigenvalue weighted by Gasteiger charge is -2.20. The first-order valence-electron chi connectivity index (χ1n) is 7.36. The Morgan fingerprint density at radius 3 is 3.00 bits per heavy atom. The van der Waals surface area contributed by atoms with E-state index in [0.29, 0.717) is 0 Å². The highest BCUT2D eigenvalue weighted by Crippen LogP contribution is 2.39. The van der Waals surface area contributed by atoms with Gasteiger partial charge in [-0.2, -0.15) is 0 Å². The summed E-state index contributed by atoms with van der Waals surface area (Å²) in [5.74, 6) is 2.71. The molecule has 1 fully saturated rings. The number of hydrogen-bond donors (Lipinski definition) is 1. The molecule has 19 heavy (non-hydrogen) atoms. The summed E-state index contributed by atoms with van der Waals surface area (Å²) < 4.78 is 5.82. The van der Waals surface area contributed by atoms with Crippen molar-refractivity contribution in [1.82, 2.24) is 5.32 Å². The monoisotopic (exact) mass is 279 g/mol. The van der Waals surface area contributed by atoms with Gasteiger partial charge in [-0.05, 0) is 68.0 Å². The van der Waals surface area contributed by atoms with Gasteiger partial charge in [0, 0.05) is 11.4 Å². The maximum absolute atomic E-state index is 6.24. The molecule has 3 rings (SSSR count). The second kappa shape index (κ2) is 5.72. The summed E-state index contributed by atoms with van der Waals surface area (Å²) in [5, 5.41) is 4.20. The van der Waals surface area contributed by atoms with Crippen molar-refractivity contribution >= 4 is 11.6 Å². The predicted molar refractivity (Wildman–Crippen MR) is 79.1 cm³/mol. The molecule has 1 N–H and O–H groups in total. The third-order valence-electron chi connectivity index (χ3n) is 4.59. The fraction of sp³-hybridized carbons (Fsp3) is 0.625. The first-order valence-corrected chi connectivity index (χ1v) is 7.74. The first-order chi connectivity index (χ1) is 9.28. The van der Waals surface area contributed by atoms with Crippen LogP contribution < -0.4 is 10.1 Å². The minimum Gasteiger partial charge on any atom is -0.493 e. The Bertz CT molecular complexity index is 460. The summed E-state index contributed by atoms with van der Waals surface area (Å²) in [6.45, 7) is 1.95. The maximum atomic E-state index is 6.24. The van der Waals surface area contributed by atoms with E-state index in [-0.39, 0.29) is 0 Å². The zero-order valence-corrected chi connectivity index (χ0v) is 12.3. The smallest absolute Gasteiger partial charge is 0.125 e. The van der Waals surface area contributed by atoms with Crippen LogP contribution in [0.2, 0.25) is 5.02 Å². The van der Waals surface area contributed by atoms with E-state index in [4.69, 9.17) is 16.3 Å². The van der Waals surface area contributed by atoms with Crippen molar-refractivity contribution in [3.05, 3.63) is 28.3 Å². The fourth-order valence-electron chi connectivity index (χ4n) is 3.69. The van der Waals surface area contributed by atoms with Crippen molar-refractivity contribution in [2.24, 2.45) is 11.8 Å². The molecule has 2 nitrogen and oxygen atoms in total. The molecule has 3 heteroatoms. The second-order valence-electron chi connectivity index (χ2n) is 5.86. The van der Waals surface area contributed by atoms with Crippen LogP contribution in [0.3, 0.4) is 0 Å². The standard InChI is InChI=1S/C16H22ClNO/c1-18-10-13-4-2-3-11(13)7-14-9-15(17)8-12-5-6-19-16(12)14/h8-9,11,13,18H,2-7,10H2,1H3. The van der Waals surface area contributed by atoms with Crippen LogP contribution in [0.5, 0.6) is 5.75 Å². The Balaban J connectivity index is 1.79. The highest BCUT2D eigenvalue weighted by Gasteiger charge is 2.28. The van der Waals surface area contributed by atoms with Crippen LogP contribution in [0.1, 0.15) is 30.4 Å². The Morgan fingerprint density at radius 1 is 1.32 bits per heavy atom. The summed E-state index contributed by atoms with van der Waals surface area (Å²) in [7, 11) is 2.05. The van der Waals surface area contributed by atoms with E-state index in [9.17, 15) is 0 Å². The van der Waals surface area contributed by atoms with Crippen molar-refractivity contribution in [2.75, 3.05) is 20.2 Å². The molecule has 0 aromatic heterocycles. The number of nitrogens with one attached hydrogen (secondary N) is 1. The Kier molecular flexibility index (Phi) is 3.99. The molecule has 1 aromatic rings. The molecule has 0 radical (unpaired) electrons. The van der Waals surface area contributed by atoms with Crippen molar-refractivity contribution in [2.45, 2.75) is 32.1 Å². The molecular formula is C16H22ClNO. The zero-order chi connectivity index (χ0) is 13.2. The van der Waals surface area contributed by atoms with Crippen LogP contribution in [0.4, 0.5) is 0 Å². The third kappa shape index (κ3) is 2.75. The lowest BCUT2D eigenvalue weighted by molar-refractivity contribution is 0.340. The molecule has 0 spiro atoms. The molecule has 2 aliphatic rings. The molecule has 0 bridgehead atoms. The van der Waals surface area contributed by atoms with Gasteiger partial charge in [0.15, 0.2) is 0 Å². The third-order valence-corrected chi connectivity index (χ3v) is 4.81. The molecule has 2 atom stereocenters. The van der Waals surface area contributed by atoms with Gasteiger partial charge in [-0.1, -0.05) is 18.0 Å². The van der Waals surface area contributed by atoms with E-state index in [0.717, 1.165) is 48.6 Å². The van der Waals surface area contributed by atoms with Gasteiger partial charge in [-0.15, -0.1) is 0 Å². The van der Waals surface area contributed by atoms with Gasteiger partial charge < -0.3 is 10.1 Å². The van der Waals surface area contributed by atoms with E-state index in [2.05, 4.69) is 24.5 Å². The Morgan fingerprint density at radius 2 is 2.16 bits per heavy atom. The van der Waals surface area contributed by atoms with E-state index in [1.165, 1.54) is 30.4 Å². The average molecular weight is 280 g/mol. The van der Waals surface area contributed by atoms with Gasteiger partial charge in [-0.25, -0.2) is 0 Å². The van der Waals surface area contributed by atoms with Gasteiger partial charge in [0.1, 0.15) is 5.75 Å². The summed E-state index contributed by atoms with van der Waals surface area (Å²) in [6, 6.07) is 4.17. The molecule has 0 amide bonds. The minimum atomic E-state index is 0.777. The second-order valence-corrected chi connectivity index (χ2v) is 6.30. The molecule has 1 saturated carbocycles. The summed E-state index contributed by atoms with van der Waals surface area (Å²) >= 11 is 6.24. The van der Waals surface area contributed by atoms with Crippen LogP contribution in [0.15, 0.2) is 12.1 Å². The summed E-state index contributed by atoms with van der Waals surface area (Å²) in [5.41, 5.74) is 2.62. The Labute approximate surface area is 120 Å². The van der Waals surface area contributed by atoms with E-state index in [1.807, 2.05) is 0 Å². The minimum absolute atomic E-state index is 0.777. The van der Waals surface area contributed by atoms with Crippen molar-refractivity contribution in [3.63, 3.8) is 0 Å². The molecular weight excluding hydrogens is 258 g/mol. The van der Waals surface area contributed by atoms with Gasteiger partial charge >= 0.3 is 0 Å². The molecule has 1 heterocycles. The predicted octanol–water partition coefficient (Wildman–Crippen LogP) is 3.45. The van der Waals surface area contributed by atoms with E-state index < -0.39 is 0 Å². The average Bonchev–Trinajstić information content (AvgIpc) is 2.99. The fourth-order valence-corrected chi connectivity index (χ4v) is 3.96. The number of halogens is 1. The number of hydrogen-bond acceptors (Lipinski definition) is 2. The SMILES string of the molecule is CNCC1CCCC1Cc1cc(Cl)cc2c1OCC2. The normalized spacial score (nSPS) is 25.4. The van der Waals surface area contributed by atoms with E-state index >= 15 is 0 Å². The molecule has 1 aromatic carbocycles. The number of rotatable bonds is 4. The van der Waals surface area contributed by atoms with Crippen LogP contribution in [-0.2, 0) is 12.8 Å². The van der Waals surface area contributed by atoms with Crippen molar-refractivity contribution < 1.29 is 4.74 Å². The summed E-state index contributed by atoms with van der Waals surface area (Å²) in [4.78, 5) is 0. The molecule has 1 aliphatic heterocycles. The van der Waals surface area contributed by atoms with Gasteiger partial charge in [0.25, 0.3) is 0 Å². The zero-order valence-electron chi connectivity index (χ0n) is 11.5. The van der Waals surface area contributed by atoms with Crippen LogP contribution in [0, 0.1) is 11.8 Å². The number of ether oxygens (including phenoxy) is 1. The lowest BCUT2D eigenvalue weighted by atomic mass is 9.88. The van der Waals surface area contributed by atoms with Crippen molar-refractivity contribution in [1.29, 1.82) is 0 Å². The molecule has 2 unspecified atom stereocenters. The molecule has 1 aliphatic carbocycles.